The van der Waals surface area contributed by atoms with E-state index in [1.807, 2.05) is 0 Å². The third-order valence-electron chi connectivity index (χ3n) is 2.77. The Hall–Kier alpha value is -0.270. The molecule has 2 atom stereocenters. The van der Waals surface area contributed by atoms with Gasteiger partial charge in [0, 0.05) is 10.4 Å². The van der Waals surface area contributed by atoms with Crippen LogP contribution in [-0.2, 0) is 0 Å². The summed E-state index contributed by atoms with van der Waals surface area (Å²) in [6.07, 6.45) is 2.92. The van der Waals surface area contributed by atoms with E-state index < -0.39 is 0 Å². The summed E-state index contributed by atoms with van der Waals surface area (Å²) in [5.41, 5.74) is 0.912. The first-order chi connectivity index (χ1) is 6.66. The van der Waals surface area contributed by atoms with Crippen LogP contribution in [0.3, 0.4) is 0 Å². The first kappa shape index (κ1) is 10.3. The van der Waals surface area contributed by atoms with Crippen molar-refractivity contribution < 1.29 is 4.39 Å². The third kappa shape index (κ3) is 2.04. The van der Waals surface area contributed by atoms with Gasteiger partial charge in [-0.3, -0.25) is 0 Å². The molecule has 1 aromatic carbocycles. The molecule has 2 rings (SSSR count). The van der Waals surface area contributed by atoms with Crippen LogP contribution in [0.1, 0.15) is 30.7 Å². The third-order valence-corrected chi connectivity index (χ3v) is 3.51. The summed E-state index contributed by atoms with van der Waals surface area (Å²) in [5.74, 6) is 0.114. The molecule has 1 aromatic rings. The smallest absolute Gasteiger partial charge is 0.123 e. The predicted octanol–water partition coefficient (Wildman–Crippen LogP) is 4.35. The number of alkyl halides is 1. The molecule has 0 bridgehead atoms. The molecule has 0 N–H and O–H groups in total. The molecule has 0 spiro atoms. The van der Waals surface area contributed by atoms with Gasteiger partial charge in [-0.1, -0.05) is 11.6 Å². The SMILES string of the molecule is Fc1ccc(Cl)c(C2CCC(Cl)C2)c1. The first-order valence-corrected chi connectivity index (χ1v) is 5.57. The first-order valence-electron chi connectivity index (χ1n) is 4.76. The molecule has 0 amide bonds. The van der Waals surface area contributed by atoms with Crippen molar-refractivity contribution in [2.75, 3.05) is 0 Å². The molecule has 0 nitrogen and oxygen atoms in total. The fourth-order valence-electron chi connectivity index (χ4n) is 2.04. The lowest BCUT2D eigenvalue weighted by Gasteiger charge is -2.11. The highest BCUT2D eigenvalue weighted by Gasteiger charge is 2.25. The van der Waals surface area contributed by atoms with Crippen molar-refractivity contribution in [3.8, 4) is 0 Å². The lowest BCUT2D eigenvalue weighted by Crippen LogP contribution is -1.96. The lowest BCUT2D eigenvalue weighted by molar-refractivity contribution is 0.619. The predicted molar refractivity (Wildman–Crippen MR) is 57.6 cm³/mol. The molecule has 0 heterocycles. The topological polar surface area (TPSA) is 0 Å². The van der Waals surface area contributed by atoms with Crippen molar-refractivity contribution in [2.24, 2.45) is 0 Å². The largest absolute Gasteiger partial charge is 0.207 e. The van der Waals surface area contributed by atoms with Gasteiger partial charge < -0.3 is 0 Å². The van der Waals surface area contributed by atoms with Crippen LogP contribution in [0.15, 0.2) is 18.2 Å². The minimum Gasteiger partial charge on any atom is -0.207 e. The van der Waals surface area contributed by atoms with Crippen LogP contribution in [0.2, 0.25) is 5.02 Å². The molecule has 1 aliphatic rings. The fraction of sp³-hybridized carbons (Fsp3) is 0.455. The van der Waals surface area contributed by atoms with E-state index in [-0.39, 0.29) is 11.2 Å². The maximum absolute atomic E-state index is 13.0. The van der Waals surface area contributed by atoms with Crippen molar-refractivity contribution >= 4 is 23.2 Å². The zero-order valence-electron chi connectivity index (χ0n) is 7.64. The van der Waals surface area contributed by atoms with E-state index in [9.17, 15) is 4.39 Å². The molecule has 1 saturated carbocycles. The van der Waals surface area contributed by atoms with E-state index in [0.29, 0.717) is 10.9 Å². The summed E-state index contributed by atoms with van der Waals surface area (Å²) in [5, 5.41) is 0.876. The van der Waals surface area contributed by atoms with Crippen LogP contribution in [0.5, 0.6) is 0 Å². The zero-order valence-corrected chi connectivity index (χ0v) is 9.15. The Morgan fingerprint density at radius 3 is 2.71 bits per heavy atom. The number of hydrogen-bond donors (Lipinski definition) is 0. The molecule has 0 radical (unpaired) electrons. The second-order valence-corrected chi connectivity index (χ2v) is 4.80. The maximum atomic E-state index is 13.0. The van der Waals surface area contributed by atoms with Gasteiger partial charge in [-0.2, -0.15) is 0 Å². The Morgan fingerprint density at radius 1 is 1.29 bits per heavy atom. The summed E-state index contributed by atoms with van der Waals surface area (Å²) in [6, 6.07) is 4.54. The van der Waals surface area contributed by atoms with E-state index >= 15 is 0 Å². The van der Waals surface area contributed by atoms with Gasteiger partial charge >= 0.3 is 0 Å². The van der Waals surface area contributed by atoms with E-state index in [0.717, 1.165) is 24.8 Å². The molecule has 2 unspecified atom stereocenters. The average molecular weight is 233 g/mol. The van der Waals surface area contributed by atoms with E-state index in [4.69, 9.17) is 23.2 Å². The van der Waals surface area contributed by atoms with E-state index in [1.54, 1.807) is 6.07 Å². The van der Waals surface area contributed by atoms with Crippen LogP contribution in [0.25, 0.3) is 0 Å². The monoisotopic (exact) mass is 232 g/mol. The zero-order chi connectivity index (χ0) is 10.1. The van der Waals surface area contributed by atoms with E-state index in [2.05, 4.69) is 0 Å². The second-order valence-electron chi connectivity index (χ2n) is 3.77. The highest BCUT2D eigenvalue weighted by atomic mass is 35.5. The minimum atomic E-state index is -0.220. The average Bonchev–Trinajstić information content (AvgIpc) is 2.56. The Kier molecular flexibility index (Phi) is 2.99. The molecule has 3 heteroatoms. The maximum Gasteiger partial charge on any atom is 0.123 e. The molecular weight excluding hydrogens is 222 g/mol. The van der Waals surface area contributed by atoms with Gasteiger partial charge in [0.2, 0.25) is 0 Å². The van der Waals surface area contributed by atoms with Crippen LogP contribution in [0.4, 0.5) is 4.39 Å². The van der Waals surface area contributed by atoms with Crippen LogP contribution in [0, 0.1) is 5.82 Å². The Labute approximate surface area is 93.0 Å². The summed E-state index contributed by atoms with van der Waals surface area (Å²) >= 11 is 12.0. The standard InChI is InChI=1S/C11H11Cl2F/c12-8-2-1-7(5-8)10-6-9(14)3-4-11(10)13/h3-4,6-8H,1-2,5H2. The Bertz CT molecular complexity index is 338. The number of benzene rings is 1. The summed E-state index contributed by atoms with van der Waals surface area (Å²) in [6.45, 7) is 0. The van der Waals surface area contributed by atoms with Gasteiger partial charge in [-0.15, -0.1) is 11.6 Å². The van der Waals surface area contributed by atoms with Crippen molar-refractivity contribution in [1.82, 2.24) is 0 Å². The number of hydrogen-bond acceptors (Lipinski definition) is 0. The molecule has 0 saturated heterocycles. The van der Waals surface area contributed by atoms with Crippen molar-refractivity contribution in [3.05, 3.63) is 34.6 Å². The highest BCUT2D eigenvalue weighted by molar-refractivity contribution is 6.31. The molecule has 76 valence electrons. The quantitative estimate of drug-likeness (QED) is 0.632. The van der Waals surface area contributed by atoms with Gasteiger partial charge in [-0.05, 0) is 48.9 Å². The minimum absolute atomic E-state index is 0.220. The molecular formula is C11H11Cl2F. The van der Waals surface area contributed by atoms with Gasteiger partial charge in [0.15, 0.2) is 0 Å². The molecule has 14 heavy (non-hydrogen) atoms. The molecule has 0 aliphatic heterocycles. The van der Waals surface area contributed by atoms with Crippen LogP contribution in [-0.4, -0.2) is 5.38 Å². The second kappa shape index (κ2) is 4.08. The Balaban J connectivity index is 2.27. The summed E-state index contributed by atoms with van der Waals surface area (Å²) < 4.78 is 13.0. The number of rotatable bonds is 1. The summed E-state index contributed by atoms with van der Waals surface area (Å²) in [4.78, 5) is 0. The van der Waals surface area contributed by atoms with Crippen LogP contribution >= 0.6 is 23.2 Å². The lowest BCUT2D eigenvalue weighted by atomic mass is 9.98. The molecule has 0 aromatic heterocycles. The number of halogens is 3. The fourth-order valence-corrected chi connectivity index (χ4v) is 2.65. The molecule has 1 fully saturated rings. The van der Waals surface area contributed by atoms with E-state index in [1.165, 1.54) is 12.1 Å². The van der Waals surface area contributed by atoms with Gasteiger partial charge in [0.1, 0.15) is 5.82 Å². The van der Waals surface area contributed by atoms with Crippen molar-refractivity contribution in [2.45, 2.75) is 30.6 Å². The van der Waals surface area contributed by atoms with Crippen molar-refractivity contribution in [1.29, 1.82) is 0 Å². The summed E-state index contributed by atoms with van der Waals surface area (Å²) in [7, 11) is 0. The van der Waals surface area contributed by atoms with Gasteiger partial charge in [-0.25, -0.2) is 4.39 Å². The van der Waals surface area contributed by atoms with Crippen LogP contribution < -0.4 is 0 Å². The van der Waals surface area contributed by atoms with Crippen molar-refractivity contribution in [3.63, 3.8) is 0 Å². The molecule has 1 aliphatic carbocycles. The Morgan fingerprint density at radius 2 is 2.07 bits per heavy atom. The normalized spacial score (nSPS) is 26.8. The highest BCUT2D eigenvalue weighted by Crippen LogP contribution is 2.39. The van der Waals surface area contributed by atoms with Gasteiger partial charge in [0.05, 0.1) is 0 Å². The van der Waals surface area contributed by atoms with Gasteiger partial charge in [0.25, 0.3) is 0 Å².